The Hall–Kier alpha value is -1.81. The van der Waals surface area contributed by atoms with Crippen LogP contribution in [0.3, 0.4) is 0 Å². The van der Waals surface area contributed by atoms with Crippen LogP contribution in [0.15, 0.2) is 42.5 Å². The maximum absolute atomic E-state index is 13.8. The highest BCUT2D eigenvalue weighted by atomic mass is 19.1. The molecule has 1 atom stereocenters. The number of hydrogen-bond donors (Lipinski definition) is 1. The van der Waals surface area contributed by atoms with E-state index in [1.165, 1.54) is 30.3 Å². The zero-order valence-corrected chi connectivity index (χ0v) is 11.9. The summed E-state index contributed by atoms with van der Waals surface area (Å²) in [5.41, 5.74) is 0.864. The molecule has 1 nitrogen and oxygen atoms in total. The molecule has 0 aliphatic rings. The fraction of sp³-hybridized carbons (Fsp3) is 0.294. The fourth-order valence-electron chi connectivity index (χ4n) is 2.25. The average molecular weight is 293 g/mol. The number of halogens is 3. The summed E-state index contributed by atoms with van der Waals surface area (Å²) < 4.78 is 40.6. The van der Waals surface area contributed by atoms with Gasteiger partial charge < -0.3 is 5.32 Å². The van der Waals surface area contributed by atoms with Crippen molar-refractivity contribution in [3.8, 4) is 0 Å². The number of benzene rings is 2. The highest BCUT2D eigenvalue weighted by molar-refractivity contribution is 5.26. The van der Waals surface area contributed by atoms with Crippen molar-refractivity contribution in [3.05, 3.63) is 71.0 Å². The minimum Gasteiger partial charge on any atom is -0.310 e. The third-order valence-electron chi connectivity index (χ3n) is 3.38. The van der Waals surface area contributed by atoms with Crippen molar-refractivity contribution < 1.29 is 13.2 Å². The van der Waals surface area contributed by atoms with Gasteiger partial charge in [0.05, 0.1) is 0 Å². The van der Waals surface area contributed by atoms with Crippen molar-refractivity contribution in [1.82, 2.24) is 5.32 Å². The molecule has 4 heteroatoms. The molecule has 0 saturated carbocycles. The molecule has 0 fully saturated rings. The standard InChI is InChI=1S/C17H18F3N/c1-2-10-21-17(12-6-8-13(18)9-7-12)11-14-15(19)4-3-5-16(14)20/h3-9,17,21H,2,10-11H2,1H3. The average Bonchev–Trinajstić information content (AvgIpc) is 2.47. The molecule has 2 rings (SSSR count). The Labute approximate surface area is 122 Å². The molecule has 112 valence electrons. The van der Waals surface area contributed by atoms with Crippen LogP contribution >= 0.6 is 0 Å². The van der Waals surface area contributed by atoms with Crippen LogP contribution in [0.2, 0.25) is 0 Å². The predicted octanol–water partition coefficient (Wildman–Crippen LogP) is 4.39. The second kappa shape index (κ2) is 7.27. The summed E-state index contributed by atoms with van der Waals surface area (Å²) in [7, 11) is 0. The van der Waals surface area contributed by atoms with Gasteiger partial charge in [0, 0.05) is 11.6 Å². The van der Waals surface area contributed by atoms with E-state index in [1.807, 2.05) is 6.92 Å². The monoisotopic (exact) mass is 293 g/mol. The Morgan fingerprint density at radius 3 is 2.14 bits per heavy atom. The first-order chi connectivity index (χ1) is 10.1. The van der Waals surface area contributed by atoms with Crippen molar-refractivity contribution in [3.63, 3.8) is 0 Å². The maximum Gasteiger partial charge on any atom is 0.129 e. The van der Waals surface area contributed by atoms with Gasteiger partial charge in [0.25, 0.3) is 0 Å². The molecular formula is C17H18F3N. The van der Waals surface area contributed by atoms with Crippen LogP contribution in [0.5, 0.6) is 0 Å². The smallest absolute Gasteiger partial charge is 0.129 e. The van der Waals surface area contributed by atoms with Gasteiger partial charge in [0.15, 0.2) is 0 Å². The summed E-state index contributed by atoms with van der Waals surface area (Å²) in [4.78, 5) is 0. The van der Waals surface area contributed by atoms with Crippen LogP contribution in [0.1, 0.15) is 30.5 Å². The lowest BCUT2D eigenvalue weighted by Crippen LogP contribution is -2.25. The Balaban J connectivity index is 2.26. The molecule has 21 heavy (non-hydrogen) atoms. The van der Waals surface area contributed by atoms with E-state index in [0.717, 1.165) is 18.5 Å². The molecule has 0 radical (unpaired) electrons. The van der Waals surface area contributed by atoms with Crippen molar-refractivity contribution in [2.45, 2.75) is 25.8 Å². The topological polar surface area (TPSA) is 12.0 Å². The largest absolute Gasteiger partial charge is 0.310 e. The summed E-state index contributed by atoms with van der Waals surface area (Å²) in [6.07, 6.45) is 1.08. The van der Waals surface area contributed by atoms with Crippen LogP contribution in [0.25, 0.3) is 0 Å². The lowest BCUT2D eigenvalue weighted by atomic mass is 9.98. The van der Waals surface area contributed by atoms with Gasteiger partial charge in [0.1, 0.15) is 17.5 Å². The highest BCUT2D eigenvalue weighted by Crippen LogP contribution is 2.22. The summed E-state index contributed by atoms with van der Waals surface area (Å²) in [5, 5.41) is 3.25. The zero-order valence-electron chi connectivity index (χ0n) is 11.9. The van der Waals surface area contributed by atoms with Crippen LogP contribution < -0.4 is 5.32 Å². The minimum absolute atomic E-state index is 0.0513. The van der Waals surface area contributed by atoms with Crippen LogP contribution in [0, 0.1) is 17.5 Å². The summed E-state index contributed by atoms with van der Waals surface area (Å²) in [6.45, 7) is 2.73. The quantitative estimate of drug-likeness (QED) is 0.833. The van der Waals surface area contributed by atoms with Crippen LogP contribution in [0.4, 0.5) is 13.2 Å². The molecule has 1 unspecified atom stereocenters. The molecule has 0 saturated heterocycles. The van der Waals surface area contributed by atoms with E-state index in [1.54, 1.807) is 12.1 Å². The second-order valence-electron chi connectivity index (χ2n) is 4.96. The first-order valence-corrected chi connectivity index (χ1v) is 7.03. The van der Waals surface area contributed by atoms with Crippen molar-refractivity contribution >= 4 is 0 Å². The van der Waals surface area contributed by atoms with Crippen molar-refractivity contribution in [2.24, 2.45) is 0 Å². The summed E-state index contributed by atoms with van der Waals surface area (Å²) in [5.74, 6) is -1.44. The molecular weight excluding hydrogens is 275 g/mol. The molecule has 0 bridgehead atoms. The first-order valence-electron chi connectivity index (χ1n) is 7.03. The molecule has 0 amide bonds. The molecule has 2 aromatic carbocycles. The third kappa shape index (κ3) is 4.08. The van der Waals surface area contributed by atoms with E-state index in [9.17, 15) is 13.2 Å². The van der Waals surface area contributed by atoms with E-state index >= 15 is 0 Å². The Morgan fingerprint density at radius 1 is 0.952 bits per heavy atom. The molecule has 0 spiro atoms. The van der Waals surface area contributed by atoms with Gasteiger partial charge in [-0.3, -0.25) is 0 Å². The van der Waals surface area contributed by atoms with E-state index in [-0.39, 0.29) is 23.8 Å². The fourth-order valence-corrected chi connectivity index (χ4v) is 2.25. The molecule has 0 aromatic heterocycles. The highest BCUT2D eigenvalue weighted by Gasteiger charge is 2.17. The molecule has 1 N–H and O–H groups in total. The number of nitrogens with one attached hydrogen (secondary N) is 1. The lowest BCUT2D eigenvalue weighted by Gasteiger charge is -2.20. The molecule has 0 aliphatic heterocycles. The zero-order chi connectivity index (χ0) is 15.2. The number of rotatable bonds is 6. The van der Waals surface area contributed by atoms with E-state index in [4.69, 9.17) is 0 Å². The van der Waals surface area contributed by atoms with Crippen molar-refractivity contribution in [2.75, 3.05) is 6.54 Å². The minimum atomic E-state index is -0.555. The van der Waals surface area contributed by atoms with E-state index in [2.05, 4.69) is 5.32 Å². The summed E-state index contributed by atoms with van der Waals surface area (Å²) in [6, 6.07) is 9.59. The molecule has 0 heterocycles. The van der Waals surface area contributed by atoms with Crippen LogP contribution in [-0.4, -0.2) is 6.54 Å². The first kappa shape index (κ1) is 15.6. The van der Waals surface area contributed by atoms with Gasteiger partial charge in [-0.1, -0.05) is 25.1 Å². The predicted molar refractivity (Wildman–Crippen MR) is 77.5 cm³/mol. The summed E-state index contributed by atoms with van der Waals surface area (Å²) >= 11 is 0. The normalized spacial score (nSPS) is 12.4. The molecule has 2 aromatic rings. The van der Waals surface area contributed by atoms with Gasteiger partial charge in [-0.25, -0.2) is 13.2 Å². The van der Waals surface area contributed by atoms with Gasteiger partial charge in [-0.2, -0.15) is 0 Å². The van der Waals surface area contributed by atoms with Gasteiger partial charge in [0.2, 0.25) is 0 Å². The van der Waals surface area contributed by atoms with E-state index < -0.39 is 11.6 Å². The van der Waals surface area contributed by atoms with Crippen molar-refractivity contribution in [1.29, 1.82) is 0 Å². The second-order valence-corrected chi connectivity index (χ2v) is 4.96. The van der Waals surface area contributed by atoms with E-state index in [0.29, 0.717) is 0 Å². The molecule has 0 aliphatic carbocycles. The van der Waals surface area contributed by atoms with Gasteiger partial charge in [-0.15, -0.1) is 0 Å². The van der Waals surface area contributed by atoms with Gasteiger partial charge in [-0.05, 0) is 49.2 Å². The van der Waals surface area contributed by atoms with Crippen LogP contribution in [-0.2, 0) is 6.42 Å². The Bertz CT molecular complexity index is 561. The van der Waals surface area contributed by atoms with Gasteiger partial charge >= 0.3 is 0 Å². The maximum atomic E-state index is 13.8. The third-order valence-corrected chi connectivity index (χ3v) is 3.38. The Morgan fingerprint density at radius 2 is 1.57 bits per heavy atom. The number of hydrogen-bond acceptors (Lipinski definition) is 1. The lowest BCUT2D eigenvalue weighted by molar-refractivity contribution is 0.489. The SMILES string of the molecule is CCCNC(Cc1c(F)cccc1F)c1ccc(F)cc1. The Kier molecular flexibility index (Phi) is 5.39.